The van der Waals surface area contributed by atoms with Crippen molar-refractivity contribution in [1.29, 1.82) is 0 Å². The zero-order valence-electron chi connectivity index (χ0n) is 3.39. The molecule has 0 aliphatic carbocycles. The Morgan fingerprint density at radius 3 is 2.67 bits per heavy atom. The molecular weight excluding hydrogens is 88.1 g/mol. The van der Waals surface area contributed by atoms with Crippen molar-refractivity contribution in [3.63, 3.8) is 0 Å². The molecule has 0 saturated heterocycles. The van der Waals surface area contributed by atoms with E-state index in [4.69, 9.17) is 0 Å². The molecule has 0 aliphatic heterocycles. The maximum Gasteiger partial charge on any atom is 0.0206 e. The minimum Gasteiger partial charge on any atom is -0.0805 e. The van der Waals surface area contributed by atoms with Crippen molar-refractivity contribution >= 4 is 9.12 Å². The summed E-state index contributed by atoms with van der Waals surface area (Å²) in [6.07, 6.45) is 0. The molecule has 0 fully saturated rings. The Morgan fingerprint density at radius 1 is 1.50 bits per heavy atom. The fourth-order valence-corrected chi connectivity index (χ4v) is 0.915. The van der Waals surface area contributed by atoms with Crippen molar-refractivity contribution in [3.8, 4) is 0 Å². The Balaban J connectivity index is 3.00. The average molecular weight is 93.2 g/mol. The molecule has 1 radical (unpaired) electrons. The molecule has 1 aromatic heterocycles. The van der Waals surface area contributed by atoms with E-state index in [1.807, 2.05) is 12.1 Å². The van der Waals surface area contributed by atoms with Crippen LogP contribution < -0.4 is 0 Å². The van der Waals surface area contributed by atoms with E-state index in [2.05, 4.69) is 17.4 Å². The van der Waals surface area contributed by atoms with Crippen LogP contribution in [0.1, 0.15) is 0 Å². The van der Waals surface area contributed by atoms with E-state index < -0.39 is 0 Å². The molecule has 0 saturated carbocycles. The lowest BCUT2D eigenvalue weighted by molar-refractivity contribution is 1.84. The minimum atomic E-state index is 0.457. The van der Waals surface area contributed by atoms with Crippen LogP contribution in [0, 0.1) is 6.07 Å². The maximum atomic E-state index is 2.98. The molecule has 1 heteroatoms. The van der Waals surface area contributed by atoms with Gasteiger partial charge in [0.1, 0.15) is 0 Å². The summed E-state index contributed by atoms with van der Waals surface area (Å²) >= 11 is 0. The smallest absolute Gasteiger partial charge is 0.0206 e. The quantitative estimate of drug-likeness (QED) is 0.411. The Kier molecular flexibility index (Phi) is 1.17. The molecule has 0 aliphatic rings. The normalized spacial score (nSPS) is 8.00. The average Bonchev–Trinajstić information content (AvgIpc) is 1.72. The summed E-state index contributed by atoms with van der Waals surface area (Å²) in [5.41, 5.74) is 4.26. The predicted octanol–water partition coefficient (Wildman–Crippen LogP) is 0.557. The second kappa shape index (κ2) is 1.87. The van der Waals surface area contributed by atoms with Crippen molar-refractivity contribution in [2.24, 2.45) is 0 Å². The van der Waals surface area contributed by atoms with Gasteiger partial charge < -0.3 is 0 Å². The van der Waals surface area contributed by atoms with Crippen LogP contribution in [-0.4, -0.2) is 9.12 Å². The predicted molar refractivity (Wildman–Crippen MR) is 28.0 cm³/mol. The Bertz CT molecular complexity index is 75.9. The molecule has 0 atom stereocenters. The second-order valence-electron chi connectivity index (χ2n) is 1.08. The highest BCUT2D eigenvalue weighted by molar-refractivity contribution is 6.26. The number of hydrogen-bond donors (Lipinski definition) is 0. The van der Waals surface area contributed by atoms with E-state index in [-0.39, 0.29) is 0 Å². The van der Waals surface area contributed by atoms with Crippen LogP contribution >= 0.6 is 0 Å². The van der Waals surface area contributed by atoms with Gasteiger partial charge in [0.2, 0.25) is 0 Å². The summed E-state index contributed by atoms with van der Waals surface area (Å²) in [6, 6.07) is 6.95. The van der Waals surface area contributed by atoms with Gasteiger partial charge in [-0.2, -0.15) is 0 Å². The molecular formula is C5H5Si. The molecule has 0 spiro atoms. The van der Waals surface area contributed by atoms with E-state index in [9.17, 15) is 0 Å². The van der Waals surface area contributed by atoms with Crippen LogP contribution in [-0.2, 0) is 0 Å². The van der Waals surface area contributed by atoms with Crippen LogP contribution in [0.2, 0.25) is 0 Å². The Labute approximate surface area is 39.6 Å². The molecule has 0 unspecified atom stereocenters. The third kappa shape index (κ3) is 0.758. The third-order valence-electron chi connectivity index (χ3n) is 0.607. The number of rotatable bonds is 0. The molecule has 0 amide bonds. The fraction of sp³-hybridized carbons (Fsp3) is 0. The van der Waals surface area contributed by atoms with Gasteiger partial charge in [-0.1, -0.05) is 23.5 Å². The van der Waals surface area contributed by atoms with Crippen molar-refractivity contribution in [3.05, 3.63) is 29.6 Å². The zero-order valence-corrected chi connectivity index (χ0v) is 4.54. The number of hydrogen-bond acceptors (Lipinski definition) is 0. The van der Waals surface area contributed by atoms with Gasteiger partial charge >= 0.3 is 0 Å². The molecule has 6 heavy (non-hydrogen) atoms. The van der Waals surface area contributed by atoms with Gasteiger partial charge in [0.25, 0.3) is 0 Å². The highest BCUT2D eigenvalue weighted by Crippen LogP contribution is 1.71. The van der Waals surface area contributed by atoms with Crippen LogP contribution in [0.4, 0.5) is 0 Å². The van der Waals surface area contributed by atoms with Crippen LogP contribution in [0.15, 0.2) is 23.5 Å². The SMILES string of the molecule is [c]1ccc[siH]c1. The molecule has 0 aromatic carbocycles. The second-order valence-corrected chi connectivity index (χ2v) is 2.18. The standard InChI is InChI=1S/C5H5Si/c1-2-4-6-5-3-1/h1-2,4-6H. The summed E-state index contributed by atoms with van der Waals surface area (Å²) in [5, 5.41) is 0. The van der Waals surface area contributed by atoms with E-state index in [0.29, 0.717) is 9.12 Å². The van der Waals surface area contributed by atoms with Crippen molar-refractivity contribution in [2.45, 2.75) is 0 Å². The first-order chi connectivity index (χ1) is 3.00. The van der Waals surface area contributed by atoms with Gasteiger partial charge in [0, 0.05) is 9.12 Å². The van der Waals surface area contributed by atoms with E-state index >= 15 is 0 Å². The van der Waals surface area contributed by atoms with Crippen LogP contribution in [0.5, 0.6) is 0 Å². The fourth-order valence-electron chi connectivity index (χ4n) is 0.342. The summed E-state index contributed by atoms with van der Waals surface area (Å²) in [4.78, 5) is 0. The maximum absolute atomic E-state index is 2.98. The van der Waals surface area contributed by atoms with Gasteiger partial charge in [0.05, 0.1) is 0 Å². The lowest BCUT2D eigenvalue weighted by atomic mass is 10.6. The van der Waals surface area contributed by atoms with Crippen LogP contribution in [0.3, 0.4) is 0 Å². The zero-order chi connectivity index (χ0) is 4.24. The molecule has 1 heterocycles. The molecule has 1 aromatic rings. The van der Waals surface area contributed by atoms with Gasteiger partial charge in [0.15, 0.2) is 0 Å². The first-order valence-corrected chi connectivity index (χ1v) is 3.24. The monoisotopic (exact) mass is 93.0 g/mol. The largest absolute Gasteiger partial charge is 0.0805 e. The van der Waals surface area contributed by atoms with Crippen molar-refractivity contribution in [1.82, 2.24) is 0 Å². The lowest BCUT2D eigenvalue weighted by Gasteiger charge is -1.68. The highest BCUT2D eigenvalue weighted by Gasteiger charge is 1.59. The van der Waals surface area contributed by atoms with Gasteiger partial charge in [-0.15, -0.1) is 0 Å². The first kappa shape index (κ1) is 3.75. The van der Waals surface area contributed by atoms with Gasteiger partial charge in [-0.3, -0.25) is 0 Å². The lowest BCUT2D eigenvalue weighted by Crippen LogP contribution is -1.61. The summed E-state index contributed by atoms with van der Waals surface area (Å²) in [7, 11) is 0.457. The summed E-state index contributed by atoms with van der Waals surface area (Å²) in [5.74, 6) is 0. The topological polar surface area (TPSA) is 0 Å². The van der Waals surface area contributed by atoms with Crippen LogP contribution in [0.25, 0.3) is 0 Å². The first-order valence-electron chi connectivity index (χ1n) is 1.91. The molecule has 29 valence electrons. The summed E-state index contributed by atoms with van der Waals surface area (Å²) in [6.45, 7) is 0. The highest BCUT2D eigenvalue weighted by atomic mass is 28.2. The van der Waals surface area contributed by atoms with Crippen molar-refractivity contribution in [2.75, 3.05) is 0 Å². The van der Waals surface area contributed by atoms with Crippen molar-refractivity contribution < 1.29 is 0 Å². The summed E-state index contributed by atoms with van der Waals surface area (Å²) < 4.78 is 0. The molecule has 0 N–H and O–H groups in total. The molecule has 0 nitrogen and oxygen atoms in total. The van der Waals surface area contributed by atoms with E-state index in [1.165, 1.54) is 0 Å². The van der Waals surface area contributed by atoms with Gasteiger partial charge in [-0.25, -0.2) is 0 Å². The minimum absolute atomic E-state index is 0.457. The van der Waals surface area contributed by atoms with E-state index in [1.54, 1.807) is 0 Å². The molecule has 0 bridgehead atoms. The third-order valence-corrected chi connectivity index (χ3v) is 1.44. The Morgan fingerprint density at radius 2 is 2.50 bits per heavy atom. The van der Waals surface area contributed by atoms with Gasteiger partial charge in [-0.05, 0) is 6.07 Å². The molecule has 1 rings (SSSR count). The Hall–Kier alpha value is -0.433. The van der Waals surface area contributed by atoms with E-state index in [0.717, 1.165) is 0 Å².